The van der Waals surface area contributed by atoms with Crippen molar-refractivity contribution in [2.45, 2.75) is 51.6 Å². The lowest BCUT2D eigenvalue weighted by Gasteiger charge is -2.16. The molecule has 3 aromatic rings. The number of aromatic nitrogens is 2. The van der Waals surface area contributed by atoms with Gasteiger partial charge in [-0.1, -0.05) is 35.3 Å². The molecule has 5 rings (SSSR count). The van der Waals surface area contributed by atoms with Gasteiger partial charge in [-0.3, -0.25) is 4.79 Å². The van der Waals surface area contributed by atoms with Crippen LogP contribution < -0.4 is 21.5 Å². The van der Waals surface area contributed by atoms with E-state index in [1.165, 1.54) is 29.8 Å². The van der Waals surface area contributed by atoms with Crippen molar-refractivity contribution in [1.29, 1.82) is 0 Å². The lowest BCUT2D eigenvalue weighted by Crippen LogP contribution is -3.00. The molecule has 0 fully saturated rings. The lowest BCUT2D eigenvalue weighted by atomic mass is 9.90. The van der Waals surface area contributed by atoms with Gasteiger partial charge in [0.15, 0.2) is 12.2 Å². The number of carbonyl (C=O) groups excluding carboxylic acids is 1. The highest BCUT2D eigenvalue weighted by Crippen LogP contribution is 2.30. The topological polar surface area (TPSA) is 25.9 Å². The molecule has 1 aliphatic heterocycles. The van der Waals surface area contributed by atoms with Crippen molar-refractivity contribution in [2.75, 3.05) is 0 Å². The SMILES string of the molecule is O=C(C[n+]1cc(-c2ccc(Cl)c(Cl)c2)n2c1CCC2)c1ccc2c(c1)CCCC2.[Br-]. The standard InChI is InChI=1S/C24H23Cl2N2O.BrH/c25-20-10-9-18(13-21(20)26)22-14-27(24-6-3-11-28(22)24)15-23(29)19-8-7-16-4-1-2-5-17(16)12-19;/h7-10,12-14H,1-6,11,15H2;1H/q+1;/p-1. The zero-order valence-electron chi connectivity index (χ0n) is 16.6. The first-order valence-electron chi connectivity index (χ1n) is 10.3. The molecule has 0 amide bonds. The fourth-order valence-electron chi connectivity index (χ4n) is 4.68. The van der Waals surface area contributed by atoms with Crippen LogP contribution >= 0.6 is 23.2 Å². The van der Waals surface area contributed by atoms with E-state index in [4.69, 9.17) is 23.2 Å². The van der Waals surface area contributed by atoms with Gasteiger partial charge >= 0.3 is 0 Å². The van der Waals surface area contributed by atoms with Gasteiger partial charge in [0.2, 0.25) is 5.78 Å². The van der Waals surface area contributed by atoms with E-state index in [0.29, 0.717) is 16.6 Å². The molecule has 6 heteroatoms. The fraction of sp³-hybridized carbons (Fsp3) is 0.333. The van der Waals surface area contributed by atoms with Gasteiger partial charge < -0.3 is 17.0 Å². The first-order valence-corrected chi connectivity index (χ1v) is 11.1. The zero-order valence-corrected chi connectivity index (χ0v) is 19.7. The molecule has 1 aromatic heterocycles. The Bertz CT molecular complexity index is 1120. The molecule has 0 bridgehead atoms. The third-order valence-electron chi connectivity index (χ3n) is 6.19. The summed E-state index contributed by atoms with van der Waals surface area (Å²) >= 11 is 12.3. The fourth-order valence-corrected chi connectivity index (χ4v) is 4.98. The number of carbonyl (C=O) groups is 1. The molecule has 3 nitrogen and oxygen atoms in total. The largest absolute Gasteiger partial charge is 1.00 e. The Morgan fingerprint density at radius 3 is 2.53 bits per heavy atom. The lowest BCUT2D eigenvalue weighted by molar-refractivity contribution is -0.689. The average Bonchev–Trinajstić information content (AvgIpc) is 3.34. The molecule has 0 saturated heterocycles. The number of nitrogens with zero attached hydrogens (tertiary/aromatic N) is 2. The van der Waals surface area contributed by atoms with E-state index < -0.39 is 0 Å². The maximum atomic E-state index is 13.1. The maximum Gasteiger partial charge on any atom is 0.257 e. The number of Topliss-reactive ketones (excluding diaryl/α,β-unsaturated/α-hetero) is 1. The summed E-state index contributed by atoms with van der Waals surface area (Å²) in [5.74, 6) is 1.38. The molecule has 2 heterocycles. The van der Waals surface area contributed by atoms with Crippen molar-refractivity contribution in [1.82, 2.24) is 4.57 Å². The number of rotatable bonds is 4. The van der Waals surface area contributed by atoms with Crippen molar-refractivity contribution in [2.24, 2.45) is 0 Å². The van der Waals surface area contributed by atoms with Gasteiger partial charge in [-0.25, -0.2) is 9.13 Å². The molecule has 0 saturated carbocycles. The summed E-state index contributed by atoms with van der Waals surface area (Å²) in [4.78, 5) is 13.1. The summed E-state index contributed by atoms with van der Waals surface area (Å²) in [6.07, 6.45) is 8.87. The third-order valence-corrected chi connectivity index (χ3v) is 6.93. The van der Waals surface area contributed by atoms with Gasteiger partial charge in [-0.15, -0.1) is 0 Å². The molecule has 0 N–H and O–H groups in total. The van der Waals surface area contributed by atoms with Gasteiger partial charge in [0.1, 0.15) is 6.20 Å². The molecule has 0 radical (unpaired) electrons. The number of hydrogen-bond donors (Lipinski definition) is 0. The minimum absolute atomic E-state index is 0. The number of fused-ring (bicyclic) bond motifs is 2. The molecular formula is C24H23BrCl2N2O. The van der Waals surface area contributed by atoms with Crippen LogP contribution in [-0.4, -0.2) is 10.4 Å². The second-order valence-corrected chi connectivity index (χ2v) is 8.87. The van der Waals surface area contributed by atoms with Gasteiger partial charge in [0.05, 0.1) is 23.0 Å². The number of hydrogen-bond acceptors (Lipinski definition) is 1. The average molecular weight is 506 g/mol. The second kappa shape index (κ2) is 8.86. The molecule has 0 unspecified atom stereocenters. The molecule has 1 aliphatic carbocycles. The Labute approximate surface area is 197 Å². The predicted molar refractivity (Wildman–Crippen MR) is 116 cm³/mol. The van der Waals surface area contributed by atoms with Crippen LogP contribution in [0.4, 0.5) is 0 Å². The summed E-state index contributed by atoms with van der Waals surface area (Å²) in [5.41, 5.74) is 5.71. The predicted octanol–water partition coefficient (Wildman–Crippen LogP) is 2.46. The number of benzene rings is 2. The van der Waals surface area contributed by atoms with Crippen molar-refractivity contribution >= 4 is 29.0 Å². The Hall–Kier alpha value is -1.62. The van der Waals surface area contributed by atoms with Gasteiger partial charge in [-0.2, -0.15) is 0 Å². The van der Waals surface area contributed by atoms with Gasteiger partial charge in [-0.05, 0) is 67.5 Å². The Kier molecular flexibility index (Phi) is 6.38. The summed E-state index contributed by atoms with van der Waals surface area (Å²) in [6.45, 7) is 1.33. The van der Waals surface area contributed by atoms with Crippen LogP contribution in [-0.2, 0) is 32.4 Å². The summed E-state index contributed by atoms with van der Waals surface area (Å²) in [5, 5.41) is 1.11. The summed E-state index contributed by atoms with van der Waals surface area (Å²) in [6, 6.07) is 12.0. The first-order chi connectivity index (χ1) is 14.1. The van der Waals surface area contributed by atoms with E-state index in [1.54, 1.807) is 0 Å². The van der Waals surface area contributed by atoms with Crippen LogP contribution in [0.3, 0.4) is 0 Å². The highest BCUT2D eigenvalue weighted by molar-refractivity contribution is 6.42. The van der Waals surface area contributed by atoms with Crippen molar-refractivity contribution in [3.8, 4) is 11.3 Å². The zero-order chi connectivity index (χ0) is 20.0. The summed E-state index contributed by atoms with van der Waals surface area (Å²) < 4.78 is 4.42. The molecule has 30 heavy (non-hydrogen) atoms. The van der Waals surface area contributed by atoms with Crippen LogP contribution in [0.2, 0.25) is 10.0 Å². The molecule has 2 aliphatic rings. The smallest absolute Gasteiger partial charge is 0.257 e. The number of ketones is 1. The van der Waals surface area contributed by atoms with Crippen LogP contribution in [0.15, 0.2) is 42.6 Å². The highest BCUT2D eigenvalue weighted by Gasteiger charge is 2.30. The monoisotopic (exact) mass is 504 g/mol. The van der Waals surface area contributed by atoms with Gasteiger partial charge in [0.25, 0.3) is 5.82 Å². The number of imidazole rings is 1. The molecular weight excluding hydrogens is 483 g/mol. The number of aryl methyl sites for hydroxylation is 2. The Morgan fingerprint density at radius 2 is 1.73 bits per heavy atom. The second-order valence-electron chi connectivity index (χ2n) is 8.06. The van der Waals surface area contributed by atoms with Crippen LogP contribution in [0.5, 0.6) is 0 Å². The quantitative estimate of drug-likeness (QED) is 0.395. The highest BCUT2D eigenvalue weighted by atomic mass is 79.9. The first kappa shape index (κ1) is 21.6. The van der Waals surface area contributed by atoms with E-state index in [2.05, 4.69) is 27.5 Å². The third kappa shape index (κ3) is 3.98. The minimum Gasteiger partial charge on any atom is -1.00 e. The Morgan fingerprint density at radius 1 is 0.933 bits per heavy atom. The van der Waals surface area contributed by atoms with Gasteiger partial charge in [0, 0.05) is 11.1 Å². The normalized spacial score (nSPS) is 14.7. The van der Waals surface area contributed by atoms with Crippen LogP contribution in [0.25, 0.3) is 11.3 Å². The minimum atomic E-state index is 0. The van der Waals surface area contributed by atoms with Crippen LogP contribution in [0.1, 0.15) is 46.6 Å². The van der Waals surface area contributed by atoms with E-state index in [-0.39, 0.29) is 22.8 Å². The number of halogens is 3. The van der Waals surface area contributed by atoms with Crippen molar-refractivity contribution < 1.29 is 26.3 Å². The molecule has 0 spiro atoms. The Balaban J connectivity index is 0.00000218. The molecule has 156 valence electrons. The maximum absolute atomic E-state index is 13.1. The van der Waals surface area contributed by atoms with E-state index in [9.17, 15) is 4.79 Å². The van der Waals surface area contributed by atoms with Crippen molar-refractivity contribution in [3.05, 3.63) is 75.2 Å². The van der Waals surface area contributed by atoms with E-state index in [1.807, 2.05) is 24.3 Å². The van der Waals surface area contributed by atoms with E-state index in [0.717, 1.165) is 49.0 Å². The summed E-state index contributed by atoms with van der Waals surface area (Å²) in [7, 11) is 0. The van der Waals surface area contributed by atoms with Crippen molar-refractivity contribution in [3.63, 3.8) is 0 Å². The molecule has 0 atom stereocenters. The molecule has 2 aromatic carbocycles. The van der Waals surface area contributed by atoms with E-state index >= 15 is 0 Å². The van der Waals surface area contributed by atoms with Crippen LogP contribution in [0, 0.1) is 0 Å².